The molecular weight excluding hydrogens is 511 g/mol. The molecule has 1 heterocycles. The van der Waals surface area contributed by atoms with Gasteiger partial charge in [0.1, 0.15) is 11.9 Å². The quantitative estimate of drug-likeness (QED) is 0.296. The lowest BCUT2D eigenvalue weighted by atomic mass is 9.79. The number of halogens is 1. The number of carboxylic acid groups (broad SMARTS) is 1. The van der Waals surface area contributed by atoms with E-state index in [2.05, 4.69) is 24.1 Å². The maximum atomic E-state index is 14.1. The third kappa shape index (κ3) is 7.06. The highest BCUT2D eigenvalue weighted by atomic mass is 32.2. The maximum Gasteiger partial charge on any atom is 0.320 e. The fourth-order valence-electron chi connectivity index (χ4n) is 5.06. The van der Waals surface area contributed by atoms with Crippen LogP contribution in [0.1, 0.15) is 64.9 Å². The number of sulfone groups is 1. The van der Waals surface area contributed by atoms with Crippen molar-refractivity contribution >= 4 is 38.9 Å². The van der Waals surface area contributed by atoms with Gasteiger partial charge in [0, 0.05) is 29.1 Å². The van der Waals surface area contributed by atoms with Crippen LogP contribution in [-0.2, 0) is 21.2 Å². The molecular formula is C28H39FN2O4S2. The molecule has 0 amide bonds. The van der Waals surface area contributed by atoms with Crippen LogP contribution >= 0.6 is 11.8 Å². The topological polar surface area (TPSA) is 86.7 Å². The number of unbranched alkanes of at least 4 members (excludes halogenated alkanes) is 2. The summed E-state index contributed by atoms with van der Waals surface area (Å²) in [5.41, 5.74) is 1.67. The zero-order chi connectivity index (χ0) is 27.2. The lowest BCUT2D eigenvalue weighted by Crippen LogP contribution is -2.38. The lowest BCUT2D eigenvalue weighted by molar-refractivity contribution is -0.139. The number of fused-ring (bicyclic) bond motifs is 1. The summed E-state index contributed by atoms with van der Waals surface area (Å²) in [5, 5.41) is 12.3. The molecule has 0 aromatic heterocycles. The third-order valence-corrected chi connectivity index (χ3v) is 10.0. The Balaban J connectivity index is 2.21. The number of nitrogens with one attached hydrogen (secondary N) is 1. The van der Waals surface area contributed by atoms with Gasteiger partial charge >= 0.3 is 5.97 Å². The number of aliphatic carboxylic acids is 1. The van der Waals surface area contributed by atoms with Crippen LogP contribution in [0.15, 0.2) is 46.2 Å². The number of carboxylic acids is 1. The largest absolute Gasteiger partial charge is 0.480 e. The number of hydrogen-bond donors (Lipinski definition) is 2. The van der Waals surface area contributed by atoms with Gasteiger partial charge in [-0.15, -0.1) is 11.8 Å². The molecule has 2 aromatic rings. The maximum absolute atomic E-state index is 14.1. The van der Waals surface area contributed by atoms with E-state index >= 15 is 0 Å². The molecule has 9 heteroatoms. The Morgan fingerprint density at radius 3 is 2.32 bits per heavy atom. The van der Waals surface area contributed by atoms with Crippen LogP contribution in [-0.4, -0.2) is 44.1 Å². The predicted octanol–water partition coefficient (Wildman–Crippen LogP) is 6.40. The number of carbonyl (C=O) groups is 1. The highest BCUT2D eigenvalue weighted by molar-refractivity contribution is 7.98. The smallest absolute Gasteiger partial charge is 0.320 e. The summed E-state index contributed by atoms with van der Waals surface area (Å²) in [5.74, 6) is -1.25. The molecule has 6 nitrogen and oxygen atoms in total. The Bertz CT molecular complexity index is 1180. The molecule has 0 fully saturated rings. The van der Waals surface area contributed by atoms with Crippen molar-refractivity contribution in [1.82, 2.24) is 5.32 Å². The normalized spacial score (nSPS) is 17.2. The molecule has 2 N–H and O–H groups in total. The van der Waals surface area contributed by atoms with Crippen molar-refractivity contribution in [3.8, 4) is 0 Å². The zero-order valence-corrected chi connectivity index (χ0v) is 23.9. The van der Waals surface area contributed by atoms with Crippen molar-refractivity contribution in [2.45, 2.75) is 81.7 Å². The highest BCUT2D eigenvalue weighted by Crippen LogP contribution is 2.46. The first-order chi connectivity index (χ1) is 17.6. The van der Waals surface area contributed by atoms with E-state index in [-0.39, 0.29) is 23.0 Å². The van der Waals surface area contributed by atoms with Crippen LogP contribution < -0.4 is 10.2 Å². The number of rotatable bonds is 12. The number of hydrogen-bond acceptors (Lipinski definition) is 6. The van der Waals surface area contributed by atoms with E-state index in [4.69, 9.17) is 0 Å². The Morgan fingerprint density at radius 1 is 1.16 bits per heavy atom. The van der Waals surface area contributed by atoms with E-state index in [9.17, 15) is 22.7 Å². The van der Waals surface area contributed by atoms with Gasteiger partial charge in [-0.1, -0.05) is 39.5 Å². The van der Waals surface area contributed by atoms with E-state index in [1.54, 1.807) is 25.1 Å². The van der Waals surface area contributed by atoms with Crippen molar-refractivity contribution in [2.24, 2.45) is 5.41 Å². The van der Waals surface area contributed by atoms with E-state index in [0.717, 1.165) is 54.7 Å². The number of nitrogens with zero attached hydrogens (tertiary/aromatic N) is 1. The fraction of sp³-hybridized carbons (Fsp3) is 0.536. The molecule has 0 unspecified atom stereocenters. The number of thioether (sulfide) groups is 1. The molecule has 1 aliphatic heterocycles. The summed E-state index contributed by atoms with van der Waals surface area (Å²) in [6.07, 6.45) is 7.35. The lowest BCUT2D eigenvalue weighted by Gasteiger charge is -2.37. The van der Waals surface area contributed by atoms with Crippen LogP contribution in [0.2, 0.25) is 0 Å². The fourth-order valence-corrected chi connectivity index (χ4v) is 7.83. The predicted molar refractivity (Wildman–Crippen MR) is 149 cm³/mol. The molecule has 0 saturated heterocycles. The first kappa shape index (κ1) is 29.5. The first-order valence-electron chi connectivity index (χ1n) is 13.0. The van der Waals surface area contributed by atoms with Crippen molar-refractivity contribution < 1.29 is 22.7 Å². The number of anilines is 2. The standard InChI is InChI=1S/C28H39FN2O4S2/c1-5-7-13-28(14-8-6-2)18-31(23-11-9-22(29)10-12-23)24-16-25(36-4)21(17-30-20(3)27(32)33)15-26(24)37(34,35)19-28/h9-12,15-16,20,30H,5-8,13-14,17-19H2,1-4H3,(H,32,33)/t20-/m0/s1. The van der Waals surface area contributed by atoms with Crippen LogP contribution in [0.3, 0.4) is 0 Å². The van der Waals surface area contributed by atoms with E-state index in [0.29, 0.717) is 12.2 Å². The molecule has 204 valence electrons. The van der Waals surface area contributed by atoms with Crippen molar-refractivity contribution in [3.63, 3.8) is 0 Å². The first-order valence-corrected chi connectivity index (χ1v) is 15.9. The third-order valence-electron chi connectivity index (χ3n) is 7.21. The minimum absolute atomic E-state index is 0.0572. The Morgan fingerprint density at radius 2 is 1.78 bits per heavy atom. The molecule has 1 aliphatic rings. The summed E-state index contributed by atoms with van der Waals surface area (Å²) < 4.78 is 42.0. The van der Waals surface area contributed by atoms with Gasteiger partial charge < -0.3 is 15.3 Å². The molecule has 0 spiro atoms. The Kier molecular flexibility index (Phi) is 10.1. The minimum Gasteiger partial charge on any atom is -0.480 e. The molecule has 0 bridgehead atoms. The van der Waals surface area contributed by atoms with Crippen LogP contribution in [0, 0.1) is 11.2 Å². The average Bonchev–Trinajstić information content (AvgIpc) is 2.96. The molecule has 0 aliphatic carbocycles. The van der Waals surface area contributed by atoms with Crippen molar-refractivity contribution in [3.05, 3.63) is 47.8 Å². The zero-order valence-electron chi connectivity index (χ0n) is 22.2. The molecule has 1 atom stereocenters. The summed E-state index contributed by atoms with van der Waals surface area (Å²) in [4.78, 5) is 14.5. The second-order valence-electron chi connectivity index (χ2n) is 10.1. The summed E-state index contributed by atoms with van der Waals surface area (Å²) in [6, 6.07) is 9.10. The Labute approximate surface area is 225 Å². The molecule has 3 rings (SSSR count). The highest BCUT2D eigenvalue weighted by Gasteiger charge is 2.42. The summed E-state index contributed by atoms with van der Waals surface area (Å²) >= 11 is 1.49. The van der Waals surface area contributed by atoms with Crippen molar-refractivity contribution in [2.75, 3.05) is 23.5 Å². The van der Waals surface area contributed by atoms with E-state index in [1.807, 2.05) is 12.3 Å². The second kappa shape index (κ2) is 12.6. The van der Waals surface area contributed by atoms with Crippen LogP contribution in [0.4, 0.5) is 15.8 Å². The second-order valence-corrected chi connectivity index (χ2v) is 12.9. The molecule has 0 radical (unpaired) electrons. The van der Waals surface area contributed by atoms with Crippen molar-refractivity contribution in [1.29, 1.82) is 0 Å². The van der Waals surface area contributed by atoms with Gasteiger partial charge in [0.15, 0.2) is 9.84 Å². The van der Waals surface area contributed by atoms with Gasteiger partial charge in [0.2, 0.25) is 0 Å². The molecule has 2 aromatic carbocycles. The average molecular weight is 551 g/mol. The van der Waals surface area contributed by atoms with E-state index in [1.165, 1.54) is 23.9 Å². The van der Waals surface area contributed by atoms with Gasteiger partial charge in [-0.05, 0) is 68.0 Å². The SMILES string of the molecule is CCCCC1(CCCC)CN(c2ccc(F)cc2)c2cc(SC)c(CN[C@@H](C)C(=O)O)cc2S(=O)(=O)C1. The monoisotopic (exact) mass is 550 g/mol. The Hall–Kier alpha value is -2.10. The van der Waals surface area contributed by atoms with Gasteiger partial charge in [0.25, 0.3) is 0 Å². The van der Waals surface area contributed by atoms with Crippen LogP contribution in [0.5, 0.6) is 0 Å². The van der Waals surface area contributed by atoms with E-state index < -0.39 is 27.3 Å². The molecule has 37 heavy (non-hydrogen) atoms. The van der Waals surface area contributed by atoms with Gasteiger partial charge in [-0.25, -0.2) is 12.8 Å². The van der Waals surface area contributed by atoms with Gasteiger partial charge in [0.05, 0.1) is 16.3 Å². The minimum atomic E-state index is -3.67. The number of benzene rings is 2. The molecule has 0 saturated carbocycles. The summed E-state index contributed by atoms with van der Waals surface area (Å²) in [7, 11) is -3.67. The van der Waals surface area contributed by atoms with Gasteiger partial charge in [-0.3, -0.25) is 4.79 Å². The summed E-state index contributed by atoms with van der Waals surface area (Å²) in [6.45, 7) is 6.57. The van der Waals surface area contributed by atoms with Gasteiger partial charge in [-0.2, -0.15) is 0 Å². The van der Waals surface area contributed by atoms with Crippen LogP contribution in [0.25, 0.3) is 0 Å².